The number of nitrogens with one attached hydrogen (secondary N) is 2. The molecule has 2 fully saturated rings. The highest BCUT2D eigenvalue weighted by Gasteiger charge is 2.21. The molecule has 5 nitrogen and oxygen atoms in total. The van der Waals surface area contributed by atoms with Crippen molar-refractivity contribution in [1.29, 1.82) is 0 Å². The third kappa shape index (κ3) is 5.22. The summed E-state index contributed by atoms with van der Waals surface area (Å²) >= 11 is 0. The fraction of sp³-hybridized carbons (Fsp3) is 0.611. The number of hydrogen-bond donors (Lipinski definition) is 2. The van der Waals surface area contributed by atoms with Crippen molar-refractivity contribution in [3.8, 4) is 5.75 Å². The fourth-order valence-electron chi connectivity index (χ4n) is 2.67. The molecule has 1 aliphatic heterocycles. The van der Waals surface area contributed by atoms with Crippen LogP contribution >= 0.6 is 0 Å². The first kappa shape index (κ1) is 16.3. The van der Waals surface area contributed by atoms with Gasteiger partial charge in [-0.2, -0.15) is 0 Å². The van der Waals surface area contributed by atoms with Crippen molar-refractivity contribution in [2.45, 2.75) is 38.8 Å². The maximum Gasteiger partial charge on any atom is 0.234 e. The Morgan fingerprint density at radius 2 is 2.22 bits per heavy atom. The van der Waals surface area contributed by atoms with Gasteiger partial charge >= 0.3 is 0 Å². The van der Waals surface area contributed by atoms with Gasteiger partial charge in [-0.3, -0.25) is 4.79 Å². The minimum absolute atomic E-state index is 0.0291. The summed E-state index contributed by atoms with van der Waals surface area (Å²) in [5.74, 6) is 1.67. The molecule has 3 rings (SSSR count). The third-order valence-electron chi connectivity index (χ3n) is 4.30. The summed E-state index contributed by atoms with van der Waals surface area (Å²) in [4.78, 5) is 11.9. The lowest BCUT2D eigenvalue weighted by molar-refractivity contribution is -0.120. The zero-order valence-corrected chi connectivity index (χ0v) is 13.8. The van der Waals surface area contributed by atoms with Gasteiger partial charge in [0, 0.05) is 18.5 Å². The van der Waals surface area contributed by atoms with E-state index in [-0.39, 0.29) is 12.0 Å². The Kier molecular flexibility index (Phi) is 5.51. The van der Waals surface area contributed by atoms with Gasteiger partial charge in [-0.25, -0.2) is 0 Å². The maximum absolute atomic E-state index is 11.9. The van der Waals surface area contributed by atoms with E-state index in [1.54, 1.807) is 0 Å². The molecular weight excluding hydrogens is 292 g/mol. The summed E-state index contributed by atoms with van der Waals surface area (Å²) < 4.78 is 11.4. The molecule has 1 unspecified atom stereocenters. The molecule has 1 saturated carbocycles. The van der Waals surface area contributed by atoms with E-state index < -0.39 is 0 Å². The van der Waals surface area contributed by atoms with Gasteiger partial charge in [0.25, 0.3) is 0 Å². The number of aryl methyl sites for hydroxylation is 1. The molecule has 0 radical (unpaired) electrons. The van der Waals surface area contributed by atoms with Crippen molar-refractivity contribution in [2.75, 3.05) is 26.3 Å². The molecule has 1 aromatic carbocycles. The van der Waals surface area contributed by atoms with Gasteiger partial charge in [0.05, 0.1) is 19.8 Å². The normalized spacial score (nSPS) is 20.5. The predicted molar refractivity (Wildman–Crippen MR) is 88.5 cm³/mol. The van der Waals surface area contributed by atoms with Crippen LogP contribution in [-0.2, 0) is 16.1 Å². The monoisotopic (exact) mass is 318 g/mol. The van der Waals surface area contributed by atoms with Crippen LogP contribution in [0.25, 0.3) is 0 Å². The van der Waals surface area contributed by atoms with Gasteiger partial charge in [0.15, 0.2) is 0 Å². The molecule has 1 saturated heterocycles. The van der Waals surface area contributed by atoms with Crippen molar-refractivity contribution in [3.05, 3.63) is 29.3 Å². The van der Waals surface area contributed by atoms with E-state index in [1.165, 1.54) is 12.8 Å². The largest absolute Gasteiger partial charge is 0.488 e. The minimum Gasteiger partial charge on any atom is -0.488 e. The lowest BCUT2D eigenvalue weighted by atomic mass is 10.1. The fourth-order valence-corrected chi connectivity index (χ4v) is 2.67. The van der Waals surface area contributed by atoms with E-state index in [9.17, 15) is 4.79 Å². The lowest BCUT2D eigenvalue weighted by Crippen LogP contribution is -2.34. The molecule has 1 atom stereocenters. The number of rotatable bonds is 8. The molecule has 1 amide bonds. The van der Waals surface area contributed by atoms with Gasteiger partial charge in [0.2, 0.25) is 5.91 Å². The Morgan fingerprint density at radius 1 is 1.35 bits per heavy atom. The summed E-state index contributed by atoms with van der Waals surface area (Å²) in [5, 5.41) is 6.17. The number of carbonyl (C=O) groups excluding carboxylic acids is 1. The number of carbonyl (C=O) groups is 1. The molecular formula is C18H26N2O3. The summed E-state index contributed by atoms with van der Waals surface area (Å²) in [6, 6.07) is 6.11. The molecule has 126 valence electrons. The Balaban J connectivity index is 1.50. The van der Waals surface area contributed by atoms with E-state index in [0.29, 0.717) is 19.7 Å². The van der Waals surface area contributed by atoms with Gasteiger partial charge in [0.1, 0.15) is 11.9 Å². The van der Waals surface area contributed by atoms with E-state index in [0.717, 1.165) is 42.4 Å². The number of benzene rings is 1. The highest BCUT2D eigenvalue weighted by atomic mass is 16.5. The van der Waals surface area contributed by atoms with Gasteiger partial charge in [-0.15, -0.1) is 0 Å². The van der Waals surface area contributed by atoms with Crippen LogP contribution in [0.1, 0.15) is 30.4 Å². The molecule has 0 aromatic heterocycles. The molecule has 5 heteroatoms. The Morgan fingerprint density at radius 3 is 2.96 bits per heavy atom. The van der Waals surface area contributed by atoms with Crippen molar-refractivity contribution in [1.82, 2.24) is 10.6 Å². The zero-order chi connectivity index (χ0) is 16.1. The highest BCUT2D eigenvalue weighted by molar-refractivity contribution is 5.78. The summed E-state index contributed by atoms with van der Waals surface area (Å²) in [7, 11) is 0. The summed E-state index contributed by atoms with van der Waals surface area (Å²) in [6.45, 7) is 5.28. The number of hydrogen-bond acceptors (Lipinski definition) is 4. The van der Waals surface area contributed by atoms with E-state index in [1.807, 2.05) is 25.1 Å². The van der Waals surface area contributed by atoms with Crippen LogP contribution in [0.15, 0.2) is 18.2 Å². The van der Waals surface area contributed by atoms with E-state index in [2.05, 4.69) is 10.6 Å². The van der Waals surface area contributed by atoms with Crippen LogP contribution in [0.3, 0.4) is 0 Å². The van der Waals surface area contributed by atoms with Crippen molar-refractivity contribution < 1.29 is 14.3 Å². The quantitative estimate of drug-likeness (QED) is 0.767. The predicted octanol–water partition coefficient (Wildman–Crippen LogP) is 1.78. The first-order valence-corrected chi connectivity index (χ1v) is 8.52. The van der Waals surface area contributed by atoms with Crippen molar-refractivity contribution in [3.63, 3.8) is 0 Å². The van der Waals surface area contributed by atoms with Crippen LogP contribution in [0.5, 0.6) is 5.75 Å². The highest BCUT2D eigenvalue weighted by Crippen LogP contribution is 2.27. The molecule has 23 heavy (non-hydrogen) atoms. The summed E-state index contributed by atoms with van der Waals surface area (Å²) in [5.41, 5.74) is 2.16. The van der Waals surface area contributed by atoms with Crippen LogP contribution in [0.4, 0.5) is 0 Å². The maximum atomic E-state index is 11.9. The van der Waals surface area contributed by atoms with Crippen LogP contribution in [-0.4, -0.2) is 38.3 Å². The molecule has 0 bridgehead atoms. The average molecular weight is 318 g/mol. The smallest absolute Gasteiger partial charge is 0.234 e. The first-order valence-electron chi connectivity index (χ1n) is 8.52. The number of amides is 1. The van der Waals surface area contributed by atoms with Gasteiger partial charge < -0.3 is 20.1 Å². The standard InChI is InChI=1S/C18H26N2O3/c1-13-2-5-15(17(8-13)23-16-6-7-22-12-16)10-20-18(21)11-19-9-14-3-4-14/h2,5,8,14,16,19H,3-4,6-7,9-12H2,1H3,(H,20,21). The van der Waals surface area contributed by atoms with Gasteiger partial charge in [-0.05, 0) is 43.9 Å². The average Bonchev–Trinajstić information content (AvgIpc) is 3.21. The Labute approximate surface area is 137 Å². The van der Waals surface area contributed by atoms with Crippen LogP contribution < -0.4 is 15.4 Å². The van der Waals surface area contributed by atoms with Gasteiger partial charge in [-0.1, -0.05) is 12.1 Å². The Bertz CT molecular complexity index is 537. The molecule has 1 heterocycles. The van der Waals surface area contributed by atoms with Crippen LogP contribution in [0.2, 0.25) is 0 Å². The molecule has 2 N–H and O–H groups in total. The minimum atomic E-state index is 0.0291. The second-order valence-electron chi connectivity index (χ2n) is 6.57. The van der Waals surface area contributed by atoms with Crippen LogP contribution in [0, 0.1) is 12.8 Å². The molecule has 1 aromatic rings. The Hall–Kier alpha value is -1.59. The lowest BCUT2D eigenvalue weighted by Gasteiger charge is -2.17. The molecule has 1 aliphatic carbocycles. The van der Waals surface area contributed by atoms with E-state index in [4.69, 9.17) is 9.47 Å². The second kappa shape index (κ2) is 7.79. The summed E-state index contributed by atoms with van der Waals surface area (Å²) in [6.07, 6.45) is 3.63. The third-order valence-corrected chi connectivity index (χ3v) is 4.30. The zero-order valence-electron chi connectivity index (χ0n) is 13.8. The molecule has 2 aliphatic rings. The SMILES string of the molecule is Cc1ccc(CNC(=O)CNCC2CC2)c(OC2CCOC2)c1. The number of ether oxygens (including phenoxy) is 2. The van der Waals surface area contributed by atoms with Crippen molar-refractivity contribution >= 4 is 5.91 Å². The van der Waals surface area contributed by atoms with E-state index >= 15 is 0 Å². The topological polar surface area (TPSA) is 59.6 Å². The van der Waals surface area contributed by atoms with Crippen molar-refractivity contribution in [2.24, 2.45) is 5.92 Å². The first-order chi connectivity index (χ1) is 11.2. The second-order valence-corrected chi connectivity index (χ2v) is 6.57. The molecule has 0 spiro atoms.